The normalized spacial score (nSPS) is 19.7. The van der Waals surface area contributed by atoms with E-state index >= 15 is 0 Å². The number of benzene rings is 2. The van der Waals surface area contributed by atoms with Crippen LogP contribution in [-0.2, 0) is 0 Å². The molecule has 0 aliphatic heterocycles. The van der Waals surface area contributed by atoms with Crippen molar-refractivity contribution >= 4 is 22.5 Å². The first-order valence-electron chi connectivity index (χ1n) is 10.1. The third kappa shape index (κ3) is 4.09. The molecule has 2 N–H and O–H groups in total. The monoisotopic (exact) mass is 375 g/mol. The zero-order valence-electron chi connectivity index (χ0n) is 16.9. The maximum Gasteiger partial charge on any atom is 0.223 e. The Morgan fingerprint density at radius 1 is 0.964 bits per heavy atom. The third-order valence-electron chi connectivity index (χ3n) is 5.83. The molecule has 1 aromatic heterocycles. The molecule has 5 heteroatoms. The van der Waals surface area contributed by atoms with Crippen molar-refractivity contribution in [1.29, 1.82) is 0 Å². The first kappa shape index (κ1) is 18.7. The van der Waals surface area contributed by atoms with Crippen LogP contribution < -0.4 is 10.6 Å². The van der Waals surface area contributed by atoms with Crippen molar-refractivity contribution in [2.45, 2.75) is 37.8 Å². The Morgan fingerprint density at radius 3 is 2.50 bits per heavy atom. The van der Waals surface area contributed by atoms with Crippen LogP contribution in [0, 0.1) is 0 Å². The van der Waals surface area contributed by atoms with Gasteiger partial charge in [-0.1, -0.05) is 24.3 Å². The molecule has 1 heterocycles. The number of anilines is 2. The molecular weight excluding hydrogens is 346 g/mol. The Labute approximate surface area is 167 Å². The first-order chi connectivity index (χ1) is 13.6. The summed E-state index contributed by atoms with van der Waals surface area (Å²) in [6, 6.07) is 16.0. The average molecular weight is 376 g/mol. The van der Waals surface area contributed by atoms with Gasteiger partial charge in [0, 0.05) is 36.4 Å². The van der Waals surface area contributed by atoms with Crippen LogP contribution in [0.2, 0.25) is 0 Å². The molecule has 0 unspecified atom stereocenters. The van der Waals surface area contributed by atoms with E-state index in [1.165, 1.54) is 36.8 Å². The third-order valence-corrected chi connectivity index (χ3v) is 5.83. The fourth-order valence-electron chi connectivity index (χ4n) is 4.05. The van der Waals surface area contributed by atoms with Gasteiger partial charge in [-0.2, -0.15) is 0 Å². The second-order valence-electron chi connectivity index (χ2n) is 7.91. The van der Waals surface area contributed by atoms with Gasteiger partial charge in [0.2, 0.25) is 5.95 Å². The molecule has 2 aromatic carbocycles. The van der Waals surface area contributed by atoms with E-state index < -0.39 is 0 Å². The summed E-state index contributed by atoms with van der Waals surface area (Å²) >= 11 is 0. The molecule has 3 aromatic rings. The number of fused-ring (bicyclic) bond motifs is 1. The molecule has 1 fully saturated rings. The second kappa shape index (κ2) is 8.15. The van der Waals surface area contributed by atoms with Crippen molar-refractivity contribution < 1.29 is 0 Å². The number of hydrogen-bond donors (Lipinski definition) is 2. The van der Waals surface area contributed by atoms with Crippen molar-refractivity contribution in [3.8, 4) is 11.1 Å². The number of aromatic nitrogens is 2. The van der Waals surface area contributed by atoms with Crippen molar-refractivity contribution in [2.24, 2.45) is 0 Å². The first-order valence-corrected chi connectivity index (χ1v) is 10.1. The predicted octanol–water partition coefficient (Wildman–Crippen LogP) is 4.62. The van der Waals surface area contributed by atoms with Crippen molar-refractivity contribution in [3.05, 3.63) is 48.7 Å². The highest BCUT2D eigenvalue weighted by Crippen LogP contribution is 2.27. The Kier molecular flexibility index (Phi) is 5.44. The van der Waals surface area contributed by atoms with Gasteiger partial charge in [0.25, 0.3) is 0 Å². The molecule has 0 saturated heterocycles. The van der Waals surface area contributed by atoms with Gasteiger partial charge in [-0.15, -0.1) is 0 Å². The maximum atomic E-state index is 4.80. The van der Waals surface area contributed by atoms with Crippen LogP contribution in [0.3, 0.4) is 0 Å². The summed E-state index contributed by atoms with van der Waals surface area (Å²) in [5.41, 5.74) is 4.44. The van der Waals surface area contributed by atoms with Crippen LogP contribution in [0.4, 0.5) is 11.6 Å². The smallest absolute Gasteiger partial charge is 0.223 e. The molecule has 0 atom stereocenters. The number of nitrogens with zero attached hydrogens (tertiary/aromatic N) is 3. The second-order valence-corrected chi connectivity index (χ2v) is 7.91. The van der Waals surface area contributed by atoms with Gasteiger partial charge in [0.05, 0.1) is 5.52 Å². The lowest BCUT2D eigenvalue weighted by atomic mass is 9.91. The topological polar surface area (TPSA) is 53.1 Å². The van der Waals surface area contributed by atoms with E-state index in [0.717, 1.165) is 22.5 Å². The fraction of sp³-hybridized carbons (Fsp3) is 0.391. The molecule has 146 valence electrons. The molecule has 0 amide bonds. The average Bonchev–Trinajstić information content (AvgIpc) is 2.73. The summed E-state index contributed by atoms with van der Waals surface area (Å²) in [4.78, 5) is 11.7. The highest BCUT2D eigenvalue weighted by atomic mass is 15.1. The van der Waals surface area contributed by atoms with E-state index in [-0.39, 0.29) is 0 Å². The van der Waals surface area contributed by atoms with Crippen LogP contribution in [0.1, 0.15) is 25.7 Å². The van der Waals surface area contributed by atoms with Crippen LogP contribution in [0.5, 0.6) is 0 Å². The molecule has 0 radical (unpaired) electrons. The van der Waals surface area contributed by atoms with E-state index in [2.05, 4.69) is 77.1 Å². The minimum Gasteiger partial charge on any atom is -0.388 e. The lowest BCUT2D eigenvalue weighted by Gasteiger charge is -2.32. The van der Waals surface area contributed by atoms with E-state index in [1.807, 2.05) is 13.2 Å². The SMILES string of the molecule is CNc1cccc(-c2ccc3cnc(NC4CCC(N(C)C)CC4)nc3c2)c1. The standard InChI is InChI=1S/C23H29N5/c1-24-20-6-4-5-16(13-20)17-7-8-18-15-25-23(27-22(18)14-17)26-19-9-11-21(12-10-19)28(2)3/h4-8,13-15,19,21,24H,9-12H2,1-3H3,(H,25,26,27). The fourth-order valence-corrected chi connectivity index (χ4v) is 4.05. The van der Waals surface area contributed by atoms with E-state index in [9.17, 15) is 0 Å². The Balaban J connectivity index is 1.53. The number of nitrogens with one attached hydrogen (secondary N) is 2. The summed E-state index contributed by atoms with van der Waals surface area (Å²) in [6.45, 7) is 0. The molecule has 1 aliphatic rings. The van der Waals surface area contributed by atoms with Crippen molar-refractivity contribution in [3.63, 3.8) is 0 Å². The van der Waals surface area contributed by atoms with Gasteiger partial charge in [-0.3, -0.25) is 0 Å². The molecule has 28 heavy (non-hydrogen) atoms. The van der Waals surface area contributed by atoms with E-state index in [1.54, 1.807) is 0 Å². The molecule has 1 aliphatic carbocycles. The largest absolute Gasteiger partial charge is 0.388 e. The molecule has 4 rings (SSSR count). The number of hydrogen-bond acceptors (Lipinski definition) is 5. The molecule has 0 spiro atoms. The summed E-state index contributed by atoms with van der Waals surface area (Å²) in [6.07, 6.45) is 6.71. The quantitative estimate of drug-likeness (QED) is 0.681. The van der Waals surface area contributed by atoms with Crippen LogP contribution in [-0.4, -0.2) is 48.1 Å². The summed E-state index contributed by atoms with van der Waals surface area (Å²) in [5, 5.41) is 7.82. The van der Waals surface area contributed by atoms with Gasteiger partial charge < -0.3 is 15.5 Å². The van der Waals surface area contributed by atoms with Crippen LogP contribution in [0.25, 0.3) is 22.0 Å². The summed E-state index contributed by atoms with van der Waals surface area (Å²) in [7, 11) is 6.29. The minimum absolute atomic E-state index is 0.462. The van der Waals surface area contributed by atoms with E-state index in [4.69, 9.17) is 4.98 Å². The Hall–Kier alpha value is -2.66. The van der Waals surface area contributed by atoms with Gasteiger partial charge >= 0.3 is 0 Å². The lowest BCUT2D eigenvalue weighted by Crippen LogP contribution is -2.36. The van der Waals surface area contributed by atoms with Gasteiger partial charge in [-0.05, 0) is 69.1 Å². The molecule has 5 nitrogen and oxygen atoms in total. The Morgan fingerprint density at radius 2 is 1.75 bits per heavy atom. The van der Waals surface area contributed by atoms with Gasteiger partial charge in [0.15, 0.2) is 0 Å². The van der Waals surface area contributed by atoms with E-state index in [0.29, 0.717) is 12.1 Å². The molecule has 1 saturated carbocycles. The Bertz CT molecular complexity index is 945. The lowest BCUT2D eigenvalue weighted by molar-refractivity contribution is 0.221. The predicted molar refractivity (Wildman–Crippen MR) is 118 cm³/mol. The highest BCUT2D eigenvalue weighted by molar-refractivity contribution is 5.84. The highest BCUT2D eigenvalue weighted by Gasteiger charge is 2.22. The molecular formula is C23H29N5. The van der Waals surface area contributed by atoms with Gasteiger partial charge in [-0.25, -0.2) is 9.97 Å². The maximum absolute atomic E-state index is 4.80. The zero-order chi connectivity index (χ0) is 19.5. The van der Waals surface area contributed by atoms with Crippen LogP contribution >= 0.6 is 0 Å². The minimum atomic E-state index is 0.462. The van der Waals surface area contributed by atoms with Crippen LogP contribution in [0.15, 0.2) is 48.7 Å². The summed E-state index contributed by atoms with van der Waals surface area (Å²) in [5.74, 6) is 0.738. The van der Waals surface area contributed by atoms with Crippen molar-refractivity contribution in [1.82, 2.24) is 14.9 Å². The summed E-state index contributed by atoms with van der Waals surface area (Å²) < 4.78 is 0. The van der Waals surface area contributed by atoms with Gasteiger partial charge in [0.1, 0.15) is 0 Å². The van der Waals surface area contributed by atoms with Crippen molar-refractivity contribution in [2.75, 3.05) is 31.8 Å². The zero-order valence-corrected chi connectivity index (χ0v) is 16.9. The molecule has 0 bridgehead atoms. The number of rotatable bonds is 5.